The first-order valence-corrected chi connectivity index (χ1v) is 5.17. The second-order valence-corrected chi connectivity index (χ2v) is 2.89. The monoisotopic (exact) mass is 258 g/mol. The van der Waals surface area contributed by atoms with Crippen molar-refractivity contribution in [2.24, 2.45) is 20.6 Å². The van der Waals surface area contributed by atoms with Gasteiger partial charge in [0.05, 0.1) is 12.4 Å². The van der Waals surface area contributed by atoms with Gasteiger partial charge in [0.1, 0.15) is 25.6 Å². The SMILES string of the molecule is CO/N=C/C=N/OCCO/N=C(C)/C(C)=N/OC. The third-order valence-electron chi connectivity index (χ3n) is 1.59. The van der Waals surface area contributed by atoms with Crippen molar-refractivity contribution < 1.29 is 19.4 Å². The fourth-order valence-electron chi connectivity index (χ4n) is 0.697. The molecule has 102 valence electrons. The Bertz CT molecular complexity index is 326. The molecule has 0 bridgehead atoms. The number of hydrogen-bond acceptors (Lipinski definition) is 8. The Balaban J connectivity index is 3.67. The van der Waals surface area contributed by atoms with Crippen LogP contribution in [0.25, 0.3) is 0 Å². The molecule has 0 amide bonds. The van der Waals surface area contributed by atoms with Gasteiger partial charge in [-0.15, -0.1) is 0 Å². The Morgan fingerprint density at radius 3 is 2.11 bits per heavy atom. The highest BCUT2D eigenvalue weighted by molar-refractivity contribution is 6.40. The van der Waals surface area contributed by atoms with Gasteiger partial charge in [-0.25, -0.2) is 0 Å². The van der Waals surface area contributed by atoms with Crippen molar-refractivity contribution in [3.8, 4) is 0 Å². The first-order chi connectivity index (χ1) is 8.72. The van der Waals surface area contributed by atoms with E-state index < -0.39 is 0 Å². The lowest BCUT2D eigenvalue weighted by Crippen LogP contribution is -2.08. The van der Waals surface area contributed by atoms with Crippen molar-refractivity contribution in [3.63, 3.8) is 0 Å². The molecule has 0 aromatic carbocycles. The van der Waals surface area contributed by atoms with E-state index in [1.54, 1.807) is 13.8 Å². The van der Waals surface area contributed by atoms with Crippen LogP contribution in [-0.2, 0) is 19.4 Å². The molecule has 0 heterocycles. The van der Waals surface area contributed by atoms with Gasteiger partial charge in [-0.05, 0) is 13.8 Å². The third-order valence-corrected chi connectivity index (χ3v) is 1.59. The molecule has 0 aliphatic heterocycles. The van der Waals surface area contributed by atoms with E-state index in [-0.39, 0.29) is 13.2 Å². The van der Waals surface area contributed by atoms with Crippen molar-refractivity contribution in [3.05, 3.63) is 0 Å². The van der Waals surface area contributed by atoms with Gasteiger partial charge in [-0.1, -0.05) is 20.6 Å². The molecule has 0 radical (unpaired) electrons. The van der Waals surface area contributed by atoms with Crippen LogP contribution in [0, 0.1) is 0 Å². The average molecular weight is 258 g/mol. The van der Waals surface area contributed by atoms with Crippen LogP contribution in [0.3, 0.4) is 0 Å². The molecule has 0 atom stereocenters. The van der Waals surface area contributed by atoms with Gasteiger partial charge < -0.3 is 19.4 Å². The lowest BCUT2D eigenvalue weighted by Gasteiger charge is -2.00. The first-order valence-electron chi connectivity index (χ1n) is 5.17. The average Bonchev–Trinajstić information content (AvgIpc) is 2.36. The van der Waals surface area contributed by atoms with E-state index in [4.69, 9.17) is 9.68 Å². The summed E-state index contributed by atoms with van der Waals surface area (Å²) in [4.78, 5) is 18.8. The predicted octanol–water partition coefficient (Wildman–Crippen LogP) is 1.04. The van der Waals surface area contributed by atoms with Crippen LogP contribution >= 0.6 is 0 Å². The largest absolute Gasteiger partial charge is 0.399 e. The molecular formula is C10H18N4O4. The molecular weight excluding hydrogens is 240 g/mol. The molecule has 8 nitrogen and oxygen atoms in total. The van der Waals surface area contributed by atoms with Gasteiger partial charge in [-0.3, -0.25) is 0 Å². The maximum atomic E-state index is 4.98. The number of oxime groups is 4. The molecule has 0 saturated heterocycles. The molecule has 8 heteroatoms. The zero-order valence-corrected chi connectivity index (χ0v) is 11.0. The summed E-state index contributed by atoms with van der Waals surface area (Å²) in [7, 11) is 2.91. The Labute approximate surface area is 106 Å². The highest BCUT2D eigenvalue weighted by Gasteiger charge is 1.97. The van der Waals surface area contributed by atoms with Crippen LogP contribution < -0.4 is 0 Å². The van der Waals surface area contributed by atoms with Gasteiger partial charge in [0.25, 0.3) is 0 Å². The number of hydrogen-bond donors (Lipinski definition) is 0. The van der Waals surface area contributed by atoms with Gasteiger partial charge in [0.15, 0.2) is 13.2 Å². The van der Waals surface area contributed by atoms with Crippen LogP contribution in [0.5, 0.6) is 0 Å². The highest BCUT2D eigenvalue weighted by atomic mass is 16.7. The quantitative estimate of drug-likeness (QED) is 0.351. The van der Waals surface area contributed by atoms with Crippen molar-refractivity contribution in [1.29, 1.82) is 0 Å². The smallest absolute Gasteiger partial charge is 0.153 e. The summed E-state index contributed by atoms with van der Waals surface area (Å²) in [5.41, 5.74) is 1.28. The van der Waals surface area contributed by atoms with Gasteiger partial charge in [0, 0.05) is 0 Å². The first kappa shape index (κ1) is 15.9. The Morgan fingerprint density at radius 1 is 0.833 bits per heavy atom. The van der Waals surface area contributed by atoms with Crippen LogP contribution in [0.1, 0.15) is 13.8 Å². The normalized spacial score (nSPS) is 13.1. The minimum absolute atomic E-state index is 0.272. The van der Waals surface area contributed by atoms with Gasteiger partial charge >= 0.3 is 0 Å². The molecule has 0 spiro atoms. The highest BCUT2D eigenvalue weighted by Crippen LogP contribution is 1.88. The topological polar surface area (TPSA) is 86.4 Å². The molecule has 0 rings (SSSR count). The van der Waals surface area contributed by atoms with Gasteiger partial charge in [-0.2, -0.15) is 0 Å². The minimum Gasteiger partial charge on any atom is -0.399 e. The van der Waals surface area contributed by atoms with Crippen molar-refractivity contribution in [2.75, 3.05) is 27.4 Å². The molecule has 0 aromatic rings. The number of rotatable bonds is 9. The van der Waals surface area contributed by atoms with E-state index in [1.807, 2.05) is 0 Å². The summed E-state index contributed by atoms with van der Waals surface area (Å²) < 4.78 is 0. The van der Waals surface area contributed by atoms with E-state index in [2.05, 4.69) is 30.3 Å². The summed E-state index contributed by atoms with van der Waals surface area (Å²) in [6.45, 7) is 4.07. The molecule has 0 aliphatic rings. The zero-order chi connectivity index (χ0) is 13.6. The zero-order valence-electron chi connectivity index (χ0n) is 11.0. The Morgan fingerprint density at radius 2 is 1.44 bits per heavy atom. The molecule has 0 unspecified atom stereocenters. The van der Waals surface area contributed by atoms with E-state index >= 15 is 0 Å². The molecule has 0 saturated carbocycles. The van der Waals surface area contributed by atoms with E-state index in [0.717, 1.165) is 0 Å². The Kier molecular flexibility index (Phi) is 10.0. The Hall–Kier alpha value is -2.12. The fourth-order valence-corrected chi connectivity index (χ4v) is 0.697. The minimum atomic E-state index is 0.272. The van der Waals surface area contributed by atoms with Gasteiger partial charge in [0.2, 0.25) is 0 Å². The summed E-state index contributed by atoms with van der Waals surface area (Å²) in [5, 5.41) is 14.5. The summed E-state index contributed by atoms with van der Waals surface area (Å²) in [6.07, 6.45) is 2.71. The van der Waals surface area contributed by atoms with Crippen LogP contribution in [0.4, 0.5) is 0 Å². The summed E-state index contributed by atoms with van der Waals surface area (Å²) in [5.74, 6) is 0. The standard InChI is InChI=1S/C10H18N4O4/c1-9(13-16-4)10(2)14-18-8-7-17-12-6-5-11-15-3/h5-6H,7-8H2,1-4H3/b11-5+,12-6+,13-9+,14-10+. The lowest BCUT2D eigenvalue weighted by molar-refractivity contribution is 0.0549. The lowest BCUT2D eigenvalue weighted by atomic mass is 10.3. The van der Waals surface area contributed by atoms with Crippen molar-refractivity contribution in [2.45, 2.75) is 13.8 Å². The molecule has 0 aliphatic carbocycles. The maximum absolute atomic E-state index is 4.98. The summed E-state index contributed by atoms with van der Waals surface area (Å²) in [6, 6.07) is 0. The van der Waals surface area contributed by atoms with E-state index in [1.165, 1.54) is 26.6 Å². The molecule has 0 fully saturated rings. The second-order valence-electron chi connectivity index (χ2n) is 2.89. The van der Waals surface area contributed by atoms with Crippen LogP contribution in [0.15, 0.2) is 20.6 Å². The van der Waals surface area contributed by atoms with Crippen molar-refractivity contribution >= 4 is 23.9 Å². The van der Waals surface area contributed by atoms with E-state index in [0.29, 0.717) is 11.4 Å². The van der Waals surface area contributed by atoms with Crippen LogP contribution in [0.2, 0.25) is 0 Å². The molecule has 0 N–H and O–H groups in total. The number of nitrogens with zero attached hydrogens (tertiary/aromatic N) is 4. The maximum Gasteiger partial charge on any atom is 0.153 e. The van der Waals surface area contributed by atoms with E-state index in [9.17, 15) is 0 Å². The van der Waals surface area contributed by atoms with Crippen molar-refractivity contribution in [1.82, 2.24) is 0 Å². The second kappa shape index (κ2) is 11.4. The molecule has 0 aromatic heterocycles. The predicted molar refractivity (Wildman–Crippen MR) is 69.1 cm³/mol. The van der Waals surface area contributed by atoms with Crippen LogP contribution in [-0.4, -0.2) is 51.3 Å². The fraction of sp³-hybridized carbons (Fsp3) is 0.600. The summed E-state index contributed by atoms with van der Waals surface area (Å²) >= 11 is 0. The third kappa shape index (κ3) is 9.13. The molecule has 18 heavy (non-hydrogen) atoms.